The highest BCUT2D eigenvalue weighted by Gasteiger charge is 2.14. The van der Waals surface area contributed by atoms with E-state index in [0.717, 1.165) is 5.56 Å². The van der Waals surface area contributed by atoms with E-state index in [2.05, 4.69) is 15.8 Å². The predicted molar refractivity (Wildman–Crippen MR) is 116 cm³/mol. The molecule has 0 saturated heterocycles. The molecule has 0 unspecified atom stereocenters. The topological polar surface area (TPSA) is 151 Å². The van der Waals surface area contributed by atoms with Crippen molar-refractivity contribution in [1.29, 1.82) is 5.26 Å². The van der Waals surface area contributed by atoms with E-state index in [1.807, 2.05) is 6.07 Å². The van der Waals surface area contributed by atoms with E-state index in [1.165, 1.54) is 18.3 Å². The summed E-state index contributed by atoms with van der Waals surface area (Å²) in [5.41, 5.74) is 4.64. The minimum atomic E-state index is -0.972. The van der Waals surface area contributed by atoms with Gasteiger partial charge in [0.05, 0.1) is 23.6 Å². The maximum atomic E-state index is 11.9. The van der Waals surface area contributed by atoms with Crippen LogP contribution in [-0.2, 0) is 16.0 Å². The van der Waals surface area contributed by atoms with Crippen molar-refractivity contribution in [2.45, 2.75) is 13.3 Å². The lowest BCUT2D eigenvalue weighted by Crippen LogP contribution is -2.32. The third kappa shape index (κ3) is 5.43. The summed E-state index contributed by atoms with van der Waals surface area (Å²) in [6, 6.07) is 16.2. The van der Waals surface area contributed by atoms with Gasteiger partial charge in [-0.1, -0.05) is 12.1 Å². The zero-order chi connectivity index (χ0) is 23.1. The molecular formula is C22H17N5O5. The Morgan fingerprint density at radius 3 is 2.56 bits per heavy atom. The van der Waals surface area contributed by atoms with Crippen LogP contribution >= 0.6 is 0 Å². The van der Waals surface area contributed by atoms with Gasteiger partial charge in [-0.2, -0.15) is 10.4 Å². The van der Waals surface area contributed by atoms with E-state index in [0.29, 0.717) is 28.3 Å². The summed E-state index contributed by atoms with van der Waals surface area (Å²) in [5, 5.41) is 25.6. The standard InChI is InChI=1S/C22H17N5O5/c1-14-12-17(27(30)31)6-8-19(14)20-9-7-18(32-20)13-24-26-22(29)21(28)25-16-4-2-15(3-5-16)10-11-23/h2-9,12-13H,10H2,1H3,(H,25,28)(H,26,29). The highest BCUT2D eigenvalue weighted by Crippen LogP contribution is 2.28. The normalized spacial score (nSPS) is 10.5. The van der Waals surface area contributed by atoms with Crippen LogP contribution in [0.1, 0.15) is 16.9 Å². The van der Waals surface area contributed by atoms with E-state index in [9.17, 15) is 19.7 Å². The van der Waals surface area contributed by atoms with E-state index in [4.69, 9.17) is 9.68 Å². The zero-order valence-corrected chi connectivity index (χ0v) is 16.9. The fraction of sp³-hybridized carbons (Fsp3) is 0.0909. The minimum absolute atomic E-state index is 0.0151. The number of nitro benzene ring substituents is 1. The molecule has 0 bridgehead atoms. The lowest BCUT2D eigenvalue weighted by atomic mass is 10.1. The summed E-state index contributed by atoms with van der Waals surface area (Å²) in [6.45, 7) is 1.73. The Hall–Kier alpha value is -4.78. The van der Waals surface area contributed by atoms with Crippen LogP contribution in [0.2, 0.25) is 0 Å². The average molecular weight is 431 g/mol. The van der Waals surface area contributed by atoms with Gasteiger partial charge < -0.3 is 9.73 Å². The number of carbonyl (C=O) groups is 2. The molecule has 3 rings (SSSR count). The number of non-ortho nitro benzene ring substituents is 1. The van der Waals surface area contributed by atoms with Crippen molar-refractivity contribution in [3.8, 4) is 17.4 Å². The minimum Gasteiger partial charge on any atom is -0.455 e. The van der Waals surface area contributed by atoms with Crippen molar-refractivity contribution in [1.82, 2.24) is 5.43 Å². The molecule has 0 fully saturated rings. The van der Waals surface area contributed by atoms with Gasteiger partial charge in [-0.05, 0) is 48.4 Å². The molecule has 10 nitrogen and oxygen atoms in total. The van der Waals surface area contributed by atoms with Crippen molar-refractivity contribution in [3.05, 3.63) is 81.6 Å². The Labute approximate surface area is 182 Å². The molecular weight excluding hydrogens is 414 g/mol. The van der Waals surface area contributed by atoms with Crippen LogP contribution in [0.25, 0.3) is 11.3 Å². The van der Waals surface area contributed by atoms with E-state index in [1.54, 1.807) is 49.4 Å². The number of nitro groups is 1. The number of hydrogen-bond acceptors (Lipinski definition) is 7. The lowest BCUT2D eigenvalue weighted by molar-refractivity contribution is -0.384. The molecule has 1 heterocycles. The number of benzene rings is 2. The molecule has 160 valence electrons. The molecule has 1 aromatic heterocycles. The van der Waals surface area contributed by atoms with Gasteiger partial charge in [0.1, 0.15) is 11.5 Å². The van der Waals surface area contributed by atoms with Gasteiger partial charge in [-0.25, -0.2) is 5.43 Å². The highest BCUT2D eigenvalue weighted by atomic mass is 16.6. The molecule has 2 aromatic carbocycles. The third-order valence-corrected chi connectivity index (χ3v) is 4.37. The van der Waals surface area contributed by atoms with E-state index >= 15 is 0 Å². The number of nitrogens with zero attached hydrogens (tertiary/aromatic N) is 3. The van der Waals surface area contributed by atoms with Crippen LogP contribution in [0.15, 0.2) is 64.1 Å². The first-order chi connectivity index (χ1) is 15.4. The largest absolute Gasteiger partial charge is 0.455 e. The van der Waals surface area contributed by atoms with Gasteiger partial charge in [-0.3, -0.25) is 19.7 Å². The van der Waals surface area contributed by atoms with Crippen LogP contribution in [0.3, 0.4) is 0 Å². The second-order valence-corrected chi connectivity index (χ2v) is 6.64. The number of carbonyl (C=O) groups excluding carboxylic acids is 2. The van der Waals surface area contributed by atoms with Crippen LogP contribution in [0, 0.1) is 28.4 Å². The Morgan fingerprint density at radius 1 is 1.16 bits per heavy atom. The van der Waals surface area contributed by atoms with Crippen LogP contribution in [0.4, 0.5) is 11.4 Å². The number of anilines is 1. The zero-order valence-electron chi connectivity index (χ0n) is 16.9. The first-order valence-electron chi connectivity index (χ1n) is 9.33. The maximum Gasteiger partial charge on any atom is 0.329 e. The van der Waals surface area contributed by atoms with Crippen molar-refractivity contribution in [2.75, 3.05) is 5.32 Å². The Balaban J connectivity index is 1.57. The molecule has 0 spiro atoms. The monoisotopic (exact) mass is 431 g/mol. The molecule has 0 aliphatic carbocycles. The molecule has 3 aromatic rings. The van der Waals surface area contributed by atoms with Gasteiger partial charge in [0, 0.05) is 23.4 Å². The molecule has 0 atom stereocenters. The molecule has 0 saturated carbocycles. The smallest absolute Gasteiger partial charge is 0.329 e. The van der Waals surface area contributed by atoms with Gasteiger partial charge in [-0.15, -0.1) is 0 Å². The summed E-state index contributed by atoms with van der Waals surface area (Å²) in [4.78, 5) is 34.2. The summed E-state index contributed by atoms with van der Waals surface area (Å²) in [6.07, 6.45) is 1.48. The fourth-order valence-electron chi connectivity index (χ4n) is 2.80. The molecule has 2 N–H and O–H groups in total. The van der Waals surface area contributed by atoms with Gasteiger partial charge in [0.25, 0.3) is 5.69 Å². The highest BCUT2D eigenvalue weighted by molar-refractivity contribution is 6.39. The molecule has 10 heteroatoms. The molecule has 0 aliphatic rings. The number of amides is 2. The quantitative estimate of drug-likeness (QED) is 0.264. The summed E-state index contributed by atoms with van der Waals surface area (Å²) in [5.74, 6) is -1.09. The second-order valence-electron chi connectivity index (χ2n) is 6.64. The Kier molecular flexibility index (Phi) is 6.72. The maximum absolute atomic E-state index is 11.9. The first-order valence-corrected chi connectivity index (χ1v) is 9.33. The van der Waals surface area contributed by atoms with Gasteiger partial charge >= 0.3 is 11.8 Å². The fourth-order valence-corrected chi connectivity index (χ4v) is 2.80. The van der Waals surface area contributed by atoms with Crippen molar-refractivity contribution < 1.29 is 18.9 Å². The van der Waals surface area contributed by atoms with Crippen LogP contribution < -0.4 is 10.7 Å². The lowest BCUT2D eigenvalue weighted by Gasteiger charge is -2.04. The average Bonchev–Trinajstić information content (AvgIpc) is 3.23. The van der Waals surface area contributed by atoms with Gasteiger partial charge in [0.2, 0.25) is 0 Å². The number of nitriles is 1. The Bertz CT molecular complexity index is 1240. The Morgan fingerprint density at radius 2 is 1.91 bits per heavy atom. The molecule has 0 aliphatic heterocycles. The van der Waals surface area contributed by atoms with Crippen LogP contribution in [0.5, 0.6) is 0 Å². The number of hydrogen-bond donors (Lipinski definition) is 2. The summed E-state index contributed by atoms with van der Waals surface area (Å²) in [7, 11) is 0. The number of hydrazone groups is 1. The first kappa shape index (κ1) is 21.9. The number of furan rings is 1. The molecule has 32 heavy (non-hydrogen) atoms. The number of rotatable bonds is 6. The van der Waals surface area contributed by atoms with Crippen molar-refractivity contribution in [3.63, 3.8) is 0 Å². The summed E-state index contributed by atoms with van der Waals surface area (Å²) < 4.78 is 5.63. The van der Waals surface area contributed by atoms with E-state index in [-0.39, 0.29) is 12.1 Å². The van der Waals surface area contributed by atoms with Crippen molar-refractivity contribution >= 4 is 29.4 Å². The van der Waals surface area contributed by atoms with Gasteiger partial charge in [0.15, 0.2) is 0 Å². The molecule has 0 radical (unpaired) electrons. The number of aryl methyl sites for hydroxylation is 1. The SMILES string of the molecule is Cc1cc([N+](=O)[O-])ccc1-c1ccc(C=NNC(=O)C(=O)Nc2ccc(CC#N)cc2)o1. The van der Waals surface area contributed by atoms with E-state index < -0.39 is 16.7 Å². The number of nitrogens with one attached hydrogen (secondary N) is 2. The van der Waals surface area contributed by atoms with Crippen LogP contribution in [-0.4, -0.2) is 23.0 Å². The second kappa shape index (κ2) is 9.82. The molecule has 2 amide bonds. The third-order valence-electron chi connectivity index (χ3n) is 4.37. The summed E-state index contributed by atoms with van der Waals surface area (Å²) >= 11 is 0. The predicted octanol–water partition coefficient (Wildman–Crippen LogP) is 3.32. The van der Waals surface area contributed by atoms with Crippen molar-refractivity contribution in [2.24, 2.45) is 5.10 Å².